The molecule has 0 unspecified atom stereocenters. The van der Waals surface area contributed by atoms with Crippen molar-refractivity contribution in [2.45, 2.75) is 30.8 Å². The molecule has 1 aromatic carbocycles. The zero-order valence-corrected chi connectivity index (χ0v) is 14.9. The van der Waals surface area contributed by atoms with Gasteiger partial charge in [0.1, 0.15) is 0 Å². The molecule has 0 radical (unpaired) electrons. The first-order valence-corrected chi connectivity index (χ1v) is 9.33. The van der Waals surface area contributed by atoms with E-state index in [1.54, 1.807) is 18.3 Å². The quantitative estimate of drug-likeness (QED) is 0.698. The van der Waals surface area contributed by atoms with Crippen molar-refractivity contribution in [1.82, 2.24) is 4.98 Å². The van der Waals surface area contributed by atoms with Crippen LogP contribution >= 0.6 is 0 Å². The Bertz CT molecular complexity index is 884. The van der Waals surface area contributed by atoms with Gasteiger partial charge in [0.2, 0.25) is 10.0 Å². The molecule has 2 rings (SSSR count). The highest BCUT2D eigenvalue weighted by Crippen LogP contribution is 2.14. The first-order chi connectivity index (χ1) is 12.3. The SMILES string of the molecule is C[C@@H](OC(=O)CCc1ccccn1)C(=O)Nc1cccc(S(N)(=O)=O)c1. The van der Waals surface area contributed by atoms with Crippen LogP contribution in [0.3, 0.4) is 0 Å². The number of benzene rings is 1. The molecule has 1 atom stereocenters. The summed E-state index contributed by atoms with van der Waals surface area (Å²) in [5, 5.41) is 7.53. The highest BCUT2D eigenvalue weighted by molar-refractivity contribution is 7.89. The van der Waals surface area contributed by atoms with Crippen molar-refractivity contribution in [3.8, 4) is 0 Å². The fourth-order valence-electron chi connectivity index (χ4n) is 2.08. The lowest BCUT2D eigenvalue weighted by molar-refractivity contribution is -0.153. The number of aromatic nitrogens is 1. The van der Waals surface area contributed by atoms with Gasteiger partial charge >= 0.3 is 5.97 Å². The van der Waals surface area contributed by atoms with Crippen LogP contribution in [0.2, 0.25) is 0 Å². The minimum Gasteiger partial charge on any atom is -0.453 e. The molecular formula is C17H19N3O5S. The Labute approximate surface area is 151 Å². The molecule has 9 heteroatoms. The van der Waals surface area contributed by atoms with Gasteiger partial charge in [-0.15, -0.1) is 0 Å². The highest BCUT2D eigenvalue weighted by atomic mass is 32.2. The summed E-state index contributed by atoms with van der Waals surface area (Å²) in [5.74, 6) is -1.11. The lowest BCUT2D eigenvalue weighted by Gasteiger charge is -2.14. The standard InChI is InChI=1S/C17H19N3O5S/c1-12(25-16(21)9-8-13-5-2-3-10-19-13)17(22)20-14-6-4-7-15(11-14)26(18,23)24/h2-7,10-12H,8-9H2,1H3,(H,20,22)(H2,18,23,24)/t12-/m1/s1. The summed E-state index contributed by atoms with van der Waals surface area (Å²) < 4.78 is 27.7. The molecule has 8 nitrogen and oxygen atoms in total. The summed E-state index contributed by atoms with van der Waals surface area (Å²) in [5.41, 5.74) is 0.985. The molecule has 2 aromatic rings. The zero-order valence-electron chi connectivity index (χ0n) is 14.1. The Morgan fingerprint density at radius 3 is 2.65 bits per heavy atom. The van der Waals surface area contributed by atoms with E-state index in [-0.39, 0.29) is 17.0 Å². The number of hydrogen-bond acceptors (Lipinski definition) is 6. The van der Waals surface area contributed by atoms with E-state index < -0.39 is 28.0 Å². The Kier molecular flexibility index (Phi) is 6.42. The summed E-state index contributed by atoms with van der Waals surface area (Å²) in [6.45, 7) is 1.43. The summed E-state index contributed by atoms with van der Waals surface area (Å²) in [7, 11) is -3.88. The maximum absolute atomic E-state index is 12.1. The minimum absolute atomic E-state index is 0.0928. The Balaban J connectivity index is 1.88. The highest BCUT2D eigenvalue weighted by Gasteiger charge is 2.18. The third-order valence-corrected chi connectivity index (χ3v) is 4.33. The number of nitrogens with one attached hydrogen (secondary N) is 1. The first kappa shape index (κ1) is 19.5. The number of amides is 1. The van der Waals surface area contributed by atoms with Crippen molar-refractivity contribution < 1.29 is 22.7 Å². The van der Waals surface area contributed by atoms with Gasteiger partial charge in [-0.3, -0.25) is 14.6 Å². The van der Waals surface area contributed by atoms with Crippen molar-refractivity contribution in [2.24, 2.45) is 5.14 Å². The Morgan fingerprint density at radius 1 is 1.23 bits per heavy atom. The average Bonchev–Trinajstić information content (AvgIpc) is 2.60. The fraction of sp³-hybridized carbons (Fsp3) is 0.235. The van der Waals surface area contributed by atoms with Gasteiger partial charge in [-0.05, 0) is 37.3 Å². The van der Waals surface area contributed by atoms with Crippen LogP contribution in [0.1, 0.15) is 19.0 Å². The molecule has 138 valence electrons. The molecule has 1 heterocycles. The van der Waals surface area contributed by atoms with Gasteiger partial charge in [-0.1, -0.05) is 12.1 Å². The van der Waals surface area contributed by atoms with Crippen LogP contribution in [0, 0.1) is 0 Å². The van der Waals surface area contributed by atoms with E-state index in [4.69, 9.17) is 9.88 Å². The number of pyridine rings is 1. The number of anilines is 1. The molecule has 0 spiro atoms. The third kappa shape index (κ3) is 5.94. The normalized spacial score (nSPS) is 12.2. The van der Waals surface area contributed by atoms with E-state index in [9.17, 15) is 18.0 Å². The maximum atomic E-state index is 12.1. The molecule has 0 bridgehead atoms. The molecule has 0 saturated carbocycles. The fourth-order valence-corrected chi connectivity index (χ4v) is 2.64. The van der Waals surface area contributed by atoms with Gasteiger partial charge in [-0.2, -0.15) is 0 Å². The summed E-state index contributed by atoms with van der Waals surface area (Å²) in [4.78, 5) is 27.9. The second-order valence-corrected chi connectivity index (χ2v) is 7.08. The third-order valence-electron chi connectivity index (χ3n) is 3.42. The predicted octanol–water partition coefficient (Wildman–Crippen LogP) is 1.23. The van der Waals surface area contributed by atoms with Crippen LogP contribution in [0.4, 0.5) is 5.69 Å². The Morgan fingerprint density at radius 2 is 2.00 bits per heavy atom. The topological polar surface area (TPSA) is 128 Å². The maximum Gasteiger partial charge on any atom is 0.306 e. The number of nitrogens with zero attached hydrogens (tertiary/aromatic N) is 1. The number of rotatable bonds is 7. The smallest absolute Gasteiger partial charge is 0.306 e. The molecule has 26 heavy (non-hydrogen) atoms. The van der Waals surface area contributed by atoms with Gasteiger partial charge < -0.3 is 10.1 Å². The van der Waals surface area contributed by atoms with Crippen LogP contribution in [0.5, 0.6) is 0 Å². The van der Waals surface area contributed by atoms with Crippen molar-refractivity contribution in [2.75, 3.05) is 5.32 Å². The molecule has 0 aliphatic heterocycles. The minimum atomic E-state index is -3.88. The van der Waals surface area contributed by atoms with Gasteiger partial charge in [0, 0.05) is 24.0 Å². The van der Waals surface area contributed by atoms with E-state index in [2.05, 4.69) is 10.3 Å². The van der Waals surface area contributed by atoms with E-state index in [0.29, 0.717) is 6.42 Å². The number of aryl methyl sites for hydroxylation is 1. The second kappa shape index (κ2) is 8.54. The van der Waals surface area contributed by atoms with Crippen LogP contribution in [-0.2, 0) is 30.8 Å². The number of hydrogen-bond donors (Lipinski definition) is 2. The summed E-state index contributed by atoms with van der Waals surface area (Å²) >= 11 is 0. The summed E-state index contributed by atoms with van der Waals surface area (Å²) in [6.07, 6.45) is 1.09. The zero-order chi connectivity index (χ0) is 19.2. The van der Waals surface area contributed by atoms with Crippen molar-refractivity contribution in [3.63, 3.8) is 0 Å². The van der Waals surface area contributed by atoms with Crippen molar-refractivity contribution >= 4 is 27.6 Å². The summed E-state index contributed by atoms with van der Waals surface area (Å²) in [6, 6.07) is 10.9. The van der Waals surface area contributed by atoms with Crippen molar-refractivity contribution in [1.29, 1.82) is 0 Å². The molecular weight excluding hydrogens is 358 g/mol. The van der Waals surface area contributed by atoms with E-state index in [1.807, 2.05) is 6.07 Å². The van der Waals surface area contributed by atoms with Crippen LogP contribution in [0.15, 0.2) is 53.6 Å². The lowest BCUT2D eigenvalue weighted by Crippen LogP contribution is -2.30. The number of sulfonamides is 1. The van der Waals surface area contributed by atoms with Gasteiger partial charge in [-0.25, -0.2) is 13.6 Å². The molecule has 1 aromatic heterocycles. The number of primary sulfonamides is 1. The first-order valence-electron chi connectivity index (χ1n) is 7.79. The predicted molar refractivity (Wildman–Crippen MR) is 94.6 cm³/mol. The lowest BCUT2D eigenvalue weighted by atomic mass is 10.2. The largest absolute Gasteiger partial charge is 0.453 e. The second-order valence-electron chi connectivity index (χ2n) is 5.52. The molecule has 0 aliphatic rings. The molecule has 0 fully saturated rings. The number of carbonyl (C=O) groups is 2. The molecule has 1 amide bonds. The van der Waals surface area contributed by atoms with Gasteiger partial charge in [0.05, 0.1) is 11.3 Å². The molecule has 0 saturated heterocycles. The molecule has 3 N–H and O–H groups in total. The molecule has 0 aliphatic carbocycles. The number of ether oxygens (including phenoxy) is 1. The van der Waals surface area contributed by atoms with E-state index >= 15 is 0 Å². The number of esters is 1. The van der Waals surface area contributed by atoms with E-state index in [1.165, 1.54) is 31.2 Å². The van der Waals surface area contributed by atoms with Crippen molar-refractivity contribution in [3.05, 3.63) is 54.4 Å². The van der Waals surface area contributed by atoms with Gasteiger partial charge in [0.25, 0.3) is 5.91 Å². The van der Waals surface area contributed by atoms with Crippen LogP contribution in [-0.4, -0.2) is 31.4 Å². The number of carbonyl (C=O) groups excluding carboxylic acids is 2. The Hall–Kier alpha value is -2.78. The average molecular weight is 377 g/mol. The number of nitrogens with two attached hydrogens (primary N) is 1. The van der Waals surface area contributed by atoms with E-state index in [0.717, 1.165) is 5.69 Å². The van der Waals surface area contributed by atoms with Crippen LogP contribution in [0.25, 0.3) is 0 Å². The van der Waals surface area contributed by atoms with Crippen LogP contribution < -0.4 is 10.5 Å². The monoisotopic (exact) mass is 377 g/mol. The van der Waals surface area contributed by atoms with Gasteiger partial charge in [0.15, 0.2) is 6.10 Å².